The minimum atomic E-state index is -4.88. The van der Waals surface area contributed by atoms with Crippen molar-refractivity contribution >= 4 is 19.5 Å². The van der Waals surface area contributed by atoms with Gasteiger partial charge in [0.05, 0.1) is 12.3 Å². The van der Waals surface area contributed by atoms with Crippen LogP contribution in [-0.2, 0) is 14.9 Å². The fraction of sp³-hybridized carbons (Fsp3) is 0.545. The predicted molar refractivity (Wildman–Crippen MR) is 82.9 cm³/mol. The van der Waals surface area contributed by atoms with E-state index in [2.05, 4.69) is 19.9 Å². The summed E-state index contributed by atoms with van der Waals surface area (Å²) in [5, 5.41) is 51.5. The second-order valence-corrected chi connectivity index (χ2v) is 7.08. The number of aromatic amines is 1. The zero-order chi connectivity index (χ0) is 19.4. The molecule has 1 aromatic rings. The van der Waals surface area contributed by atoms with E-state index < -0.39 is 44.7 Å². The van der Waals surface area contributed by atoms with E-state index in [1.807, 2.05) is 0 Å². The number of anilines is 1. The number of hydrazine groups is 1. The number of nitrogens with one attached hydrogen (secondary N) is 2. The van der Waals surface area contributed by atoms with Gasteiger partial charge in [-0.15, -0.1) is 0 Å². The van der Waals surface area contributed by atoms with Gasteiger partial charge >= 0.3 is 7.82 Å². The largest absolute Gasteiger partial charge is 0.469 e. The molecule has 0 fully saturated rings. The van der Waals surface area contributed by atoms with Crippen molar-refractivity contribution in [1.29, 1.82) is 0 Å². The van der Waals surface area contributed by atoms with Gasteiger partial charge in [0.25, 0.3) is 5.85 Å². The van der Waals surface area contributed by atoms with Crippen LogP contribution >= 0.6 is 7.82 Å². The van der Waals surface area contributed by atoms with Crippen molar-refractivity contribution in [3.05, 3.63) is 17.5 Å². The fourth-order valence-corrected chi connectivity index (χ4v) is 3.12. The van der Waals surface area contributed by atoms with Crippen LogP contribution in [0.4, 0.5) is 5.69 Å². The normalized spacial score (nSPS) is 26.4. The van der Waals surface area contributed by atoms with Gasteiger partial charge in [-0.3, -0.25) is 4.52 Å². The SMILES string of the molecule is NC1=NC2(O)NN1c1c([C@H](O)[C@H](O)[C@H](O)[C@H](O)COP(=O)(O)O)c[nH]c12. The number of hydrogen-bond acceptors (Lipinski definition) is 11. The van der Waals surface area contributed by atoms with Crippen LogP contribution in [0.3, 0.4) is 0 Å². The van der Waals surface area contributed by atoms with Gasteiger partial charge in [-0.1, -0.05) is 0 Å². The topological polar surface area (TPSA) is 237 Å². The van der Waals surface area contributed by atoms with Gasteiger partial charge < -0.3 is 46.0 Å². The van der Waals surface area contributed by atoms with Crippen molar-refractivity contribution in [1.82, 2.24) is 10.4 Å². The summed E-state index contributed by atoms with van der Waals surface area (Å²) in [5.41, 5.74) is 8.52. The van der Waals surface area contributed by atoms with Crippen molar-refractivity contribution in [3.8, 4) is 0 Å². The zero-order valence-corrected chi connectivity index (χ0v) is 13.9. The van der Waals surface area contributed by atoms with Gasteiger partial charge in [-0.2, -0.15) is 10.4 Å². The quantitative estimate of drug-likeness (QED) is 0.199. The molecule has 0 radical (unpaired) electrons. The number of aliphatic hydroxyl groups is 5. The summed E-state index contributed by atoms with van der Waals surface area (Å²) in [5.74, 6) is -1.95. The second-order valence-electron chi connectivity index (χ2n) is 5.84. The molecule has 0 aliphatic carbocycles. The maximum absolute atomic E-state index is 10.6. The van der Waals surface area contributed by atoms with Crippen LogP contribution in [0, 0.1) is 0 Å². The minimum absolute atomic E-state index is 0.0240. The third kappa shape index (κ3) is 3.12. The number of H-pyrrole nitrogens is 1. The molecule has 2 aliphatic rings. The van der Waals surface area contributed by atoms with E-state index in [1.54, 1.807) is 0 Å². The highest BCUT2D eigenvalue weighted by molar-refractivity contribution is 7.46. The molecule has 0 spiro atoms. The highest BCUT2D eigenvalue weighted by atomic mass is 31.2. The van der Waals surface area contributed by atoms with Crippen LogP contribution in [0.2, 0.25) is 0 Å². The van der Waals surface area contributed by atoms with E-state index in [9.17, 15) is 30.1 Å². The first-order valence-corrected chi connectivity index (χ1v) is 8.77. The van der Waals surface area contributed by atoms with Crippen LogP contribution in [-0.4, -0.2) is 71.2 Å². The van der Waals surface area contributed by atoms with Crippen molar-refractivity contribution < 1.29 is 44.4 Å². The number of phosphoric ester groups is 1. The van der Waals surface area contributed by atoms with Crippen molar-refractivity contribution in [2.75, 3.05) is 11.6 Å². The lowest BCUT2D eigenvalue weighted by atomic mass is 9.98. The lowest BCUT2D eigenvalue weighted by Gasteiger charge is -2.27. The van der Waals surface area contributed by atoms with Crippen molar-refractivity contribution in [3.63, 3.8) is 0 Å². The molecule has 15 heteroatoms. The molecule has 3 heterocycles. The molecule has 2 aliphatic heterocycles. The molecule has 2 bridgehead atoms. The van der Waals surface area contributed by atoms with E-state index in [4.69, 9.17) is 15.5 Å². The molecule has 3 rings (SSSR count). The van der Waals surface area contributed by atoms with Gasteiger partial charge in [-0.25, -0.2) is 9.57 Å². The van der Waals surface area contributed by atoms with Crippen LogP contribution < -0.4 is 16.2 Å². The molecule has 0 amide bonds. The van der Waals surface area contributed by atoms with Crippen LogP contribution in [0.15, 0.2) is 11.2 Å². The van der Waals surface area contributed by atoms with E-state index in [0.29, 0.717) is 0 Å². The zero-order valence-electron chi connectivity index (χ0n) is 13.0. The summed E-state index contributed by atoms with van der Waals surface area (Å²) in [6.07, 6.45) is -6.37. The first-order valence-electron chi connectivity index (χ1n) is 7.24. The Morgan fingerprint density at radius 2 is 1.96 bits per heavy atom. The van der Waals surface area contributed by atoms with Gasteiger partial charge in [0, 0.05) is 11.8 Å². The number of nitrogens with two attached hydrogens (primary N) is 1. The maximum atomic E-state index is 10.6. The van der Waals surface area contributed by atoms with E-state index in [-0.39, 0.29) is 22.9 Å². The first kappa shape index (κ1) is 19.2. The van der Waals surface area contributed by atoms with Gasteiger partial charge in [-0.05, 0) is 0 Å². The Bertz CT molecular complexity index is 780. The Morgan fingerprint density at radius 3 is 2.58 bits per heavy atom. The van der Waals surface area contributed by atoms with Gasteiger partial charge in [0.15, 0.2) is 0 Å². The molecule has 26 heavy (non-hydrogen) atoms. The van der Waals surface area contributed by atoms with Crippen molar-refractivity contribution in [2.45, 2.75) is 30.3 Å². The number of fused-ring (bicyclic) bond motifs is 5. The molecule has 0 saturated carbocycles. The summed E-state index contributed by atoms with van der Waals surface area (Å²) in [4.78, 5) is 23.6. The van der Waals surface area contributed by atoms with Crippen LogP contribution in [0.25, 0.3) is 0 Å². The summed E-state index contributed by atoms with van der Waals surface area (Å²) in [6.45, 7) is -0.979. The summed E-state index contributed by atoms with van der Waals surface area (Å²) in [7, 11) is -4.88. The number of aliphatic hydroxyl groups excluding tert-OH is 4. The lowest BCUT2D eigenvalue weighted by Crippen LogP contribution is -2.44. The standard InChI is InChI=1S/C11H18N5O9P/c12-10-14-11(21)9-5(16(10)15-11)3(1-13-9)6(18)8(20)7(19)4(17)2-25-26(22,23)24/h1,4,6-8,13,15,17-21H,2H2,(H2,12,14)(H2,22,23,24)/t4-,6+,7-,8+,11?/m1/s1. The number of nitrogens with zero attached hydrogens (tertiary/aromatic N) is 2. The average Bonchev–Trinajstić information content (AvgIpc) is 3.18. The van der Waals surface area contributed by atoms with E-state index in [1.165, 1.54) is 6.20 Å². The molecule has 0 aromatic carbocycles. The third-order valence-electron chi connectivity index (χ3n) is 4.03. The molecule has 5 atom stereocenters. The minimum Gasteiger partial charge on any atom is -0.388 e. The molecule has 0 saturated heterocycles. The van der Waals surface area contributed by atoms with Crippen LogP contribution in [0.1, 0.15) is 17.4 Å². The molecular weight excluding hydrogens is 377 g/mol. The fourth-order valence-electron chi connectivity index (χ4n) is 2.77. The van der Waals surface area contributed by atoms with E-state index >= 15 is 0 Å². The third-order valence-corrected chi connectivity index (χ3v) is 4.51. The molecular formula is C11H18N5O9P. The van der Waals surface area contributed by atoms with E-state index in [0.717, 1.165) is 5.01 Å². The monoisotopic (exact) mass is 395 g/mol. The van der Waals surface area contributed by atoms with Gasteiger partial charge in [0.2, 0.25) is 5.96 Å². The summed E-state index contributed by atoms with van der Waals surface area (Å²) in [6, 6.07) is 0. The lowest BCUT2D eigenvalue weighted by molar-refractivity contribution is -0.115. The number of phosphoric acid groups is 1. The Morgan fingerprint density at radius 1 is 1.31 bits per heavy atom. The highest BCUT2D eigenvalue weighted by Crippen LogP contribution is 2.45. The maximum Gasteiger partial charge on any atom is 0.469 e. The highest BCUT2D eigenvalue weighted by Gasteiger charge is 2.52. The molecule has 14 nitrogen and oxygen atoms in total. The number of aliphatic imine (C=N–C) groups is 1. The average molecular weight is 395 g/mol. The Balaban J connectivity index is 1.75. The first-order chi connectivity index (χ1) is 11.9. The van der Waals surface area contributed by atoms with Crippen molar-refractivity contribution in [2.24, 2.45) is 10.7 Å². The second kappa shape index (κ2) is 6.24. The molecule has 1 aromatic heterocycles. The number of hydrogen-bond donors (Lipinski definition) is 10. The van der Waals surface area contributed by atoms with Crippen LogP contribution in [0.5, 0.6) is 0 Å². The Labute approximate surface area is 145 Å². The number of guanidine groups is 1. The predicted octanol–water partition coefficient (Wildman–Crippen LogP) is -4.00. The molecule has 11 N–H and O–H groups in total. The molecule has 1 unspecified atom stereocenters. The Hall–Kier alpha value is -1.58. The number of rotatable bonds is 7. The molecule has 146 valence electrons. The smallest absolute Gasteiger partial charge is 0.388 e. The summed E-state index contributed by atoms with van der Waals surface area (Å²) < 4.78 is 14.7. The Kier molecular flexibility index (Phi) is 4.61. The van der Waals surface area contributed by atoms with Gasteiger partial charge in [0.1, 0.15) is 30.1 Å². The summed E-state index contributed by atoms with van der Waals surface area (Å²) >= 11 is 0. The number of aromatic nitrogens is 1.